The summed E-state index contributed by atoms with van der Waals surface area (Å²) >= 11 is 0. The molecule has 1 aliphatic rings. The number of ether oxygens (including phenoxy) is 2. The first-order chi connectivity index (χ1) is 6.77. The maximum Gasteiger partial charge on any atom is 0.249 e. The summed E-state index contributed by atoms with van der Waals surface area (Å²) < 4.78 is 10.0. The maximum absolute atomic E-state index is 11.5. The Labute approximate surface area is 83.4 Å². The zero-order chi connectivity index (χ0) is 10.4. The molecule has 0 bridgehead atoms. The van der Waals surface area contributed by atoms with E-state index in [9.17, 15) is 4.79 Å². The van der Waals surface area contributed by atoms with Crippen LogP contribution < -0.4 is 5.32 Å². The topological polar surface area (TPSA) is 67.8 Å². The molecule has 0 aliphatic carbocycles. The monoisotopic (exact) mass is 203 g/mol. The third-order valence-electron chi connectivity index (χ3n) is 2.16. The maximum atomic E-state index is 11.5. The van der Waals surface area contributed by atoms with Crippen molar-refractivity contribution < 1.29 is 19.4 Å². The second-order valence-corrected chi connectivity index (χ2v) is 3.35. The lowest BCUT2D eigenvalue weighted by molar-refractivity contribution is -0.131. The summed E-state index contributed by atoms with van der Waals surface area (Å²) in [7, 11) is 1.53. The first-order valence-corrected chi connectivity index (χ1v) is 4.79. The van der Waals surface area contributed by atoms with Crippen molar-refractivity contribution in [3.8, 4) is 0 Å². The molecule has 1 unspecified atom stereocenters. The molecule has 1 aliphatic heterocycles. The molecule has 0 saturated carbocycles. The van der Waals surface area contributed by atoms with E-state index in [1.165, 1.54) is 7.11 Å². The van der Waals surface area contributed by atoms with Gasteiger partial charge in [-0.1, -0.05) is 0 Å². The van der Waals surface area contributed by atoms with Gasteiger partial charge in [0.05, 0.1) is 19.3 Å². The molecule has 0 aromatic carbocycles. The van der Waals surface area contributed by atoms with Crippen LogP contribution in [0.3, 0.4) is 0 Å². The van der Waals surface area contributed by atoms with Gasteiger partial charge in [-0.2, -0.15) is 0 Å². The quantitative estimate of drug-likeness (QED) is 0.619. The van der Waals surface area contributed by atoms with Crippen molar-refractivity contribution in [1.29, 1.82) is 0 Å². The number of carbonyl (C=O) groups is 1. The Balaban J connectivity index is 2.29. The molecule has 1 rings (SSSR count). The van der Waals surface area contributed by atoms with E-state index in [-0.39, 0.29) is 24.7 Å². The van der Waals surface area contributed by atoms with E-state index in [4.69, 9.17) is 14.6 Å². The van der Waals surface area contributed by atoms with Gasteiger partial charge >= 0.3 is 0 Å². The zero-order valence-electron chi connectivity index (χ0n) is 8.36. The molecule has 2 N–H and O–H groups in total. The van der Waals surface area contributed by atoms with E-state index >= 15 is 0 Å². The molecule has 0 aromatic rings. The highest BCUT2D eigenvalue weighted by atomic mass is 16.5. The van der Waals surface area contributed by atoms with Gasteiger partial charge in [0.1, 0.15) is 6.10 Å². The Hall–Kier alpha value is -0.650. The molecule has 2 atom stereocenters. The third kappa shape index (κ3) is 3.25. The van der Waals surface area contributed by atoms with Crippen molar-refractivity contribution >= 4 is 5.91 Å². The lowest BCUT2D eigenvalue weighted by Crippen LogP contribution is -2.45. The molecule has 0 radical (unpaired) electrons. The van der Waals surface area contributed by atoms with E-state index in [1.807, 2.05) is 0 Å². The number of aliphatic hydroxyl groups is 1. The van der Waals surface area contributed by atoms with Crippen LogP contribution >= 0.6 is 0 Å². The minimum absolute atomic E-state index is 0.119. The fourth-order valence-corrected chi connectivity index (χ4v) is 1.42. The Morgan fingerprint density at radius 3 is 3.07 bits per heavy atom. The Bertz CT molecular complexity index is 180. The van der Waals surface area contributed by atoms with Crippen LogP contribution in [0.15, 0.2) is 0 Å². The largest absolute Gasteiger partial charge is 0.394 e. The standard InChI is InChI=1S/C9H17NO4/c1-13-6-7(5-11)10-9(12)8-3-2-4-14-8/h7-8,11H,2-6H2,1H3,(H,10,12)/t7?,8-/m0/s1. The predicted octanol–water partition coefficient (Wildman–Crippen LogP) is -0.711. The summed E-state index contributed by atoms with van der Waals surface area (Å²) in [4.78, 5) is 11.5. The second-order valence-electron chi connectivity index (χ2n) is 3.35. The van der Waals surface area contributed by atoms with Gasteiger partial charge in [0.25, 0.3) is 0 Å². The van der Waals surface area contributed by atoms with Gasteiger partial charge in [-0.3, -0.25) is 4.79 Å². The van der Waals surface area contributed by atoms with Crippen molar-refractivity contribution in [2.24, 2.45) is 0 Å². The number of carbonyl (C=O) groups excluding carboxylic acids is 1. The van der Waals surface area contributed by atoms with Crippen LogP contribution in [0.2, 0.25) is 0 Å². The fraction of sp³-hybridized carbons (Fsp3) is 0.889. The molecule has 0 spiro atoms. The van der Waals surface area contributed by atoms with Crippen LogP contribution in [0.1, 0.15) is 12.8 Å². The summed E-state index contributed by atoms with van der Waals surface area (Å²) in [5.74, 6) is -0.154. The van der Waals surface area contributed by atoms with Crippen LogP contribution in [0, 0.1) is 0 Å². The molecule has 1 fully saturated rings. The van der Waals surface area contributed by atoms with E-state index in [0.29, 0.717) is 13.2 Å². The highest BCUT2D eigenvalue weighted by molar-refractivity contribution is 5.81. The first-order valence-electron chi connectivity index (χ1n) is 4.79. The highest BCUT2D eigenvalue weighted by Gasteiger charge is 2.25. The Morgan fingerprint density at radius 1 is 1.79 bits per heavy atom. The summed E-state index contributed by atoms with van der Waals surface area (Å²) in [6.07, 6.45) is 1.34. The van der Waals surface area contributed by atoms with E-state index < -0.39 is 0 Å². The van der Waals surface area contributed by atoms with Crippen LogP contribution in [0.4, 0.5) is 0 Å². The average Bonchev–Trinajstić information content (AvgIpc) is 2.69. The van der Waals surface area contributed by atoms with Gasteiger partial charge in [0.15, 0.2) is 0 Å². The molecule has 1 heterocycles. The number of hydrogen-bond donors (Lipinski definition) is 2. The zero-order valence-corrected chi connectivity index (χ0v) is 8.36. The summed E-state index contributed by atoms with van der Waals surface area (Å²) in [6.45, 7) is 0.841. The van der Waals surface area contributed by atoms with Crippen molar-refractivity contribution in [3.63, 3.8) is 0 Å². The van der Waals surface area contributed by atoms with Crippen molar-refractivity contribution in [2.75, 3.05) is 26.9 Å². The Morgan fingerprint density at radius 2 is 2.57 bits per heavy atom. The van der Waals surface area contributed by atoms with Gasteiger partial charge in [-0.15, -0.1) is 0 Å². The van der Waals surface area contributed by atoms with Crippen LogP contribution in [0.25, 0.3) is 0 Å². The van der Waals surface area contributed by atoms with Crippen molar-refractivity contribution in [2.45, 2.75) is 25.0 Å². The molecule has 82 valence electrons. The predicted molar refractivity (Wildman–Crippen MR) is 49.9 cm³/mol. The molecule has 1 saturated heterocycles. The summed E-state index contributed by atoms with van der Waals surface area (Å²) in [6, 6.07) is -0.336. The van der Waals surface area contributed by atoms with Crippen LogP contribution in [0.5, 0.6) is 0 Å². The van der Waals surface area contributed by atoms with Crippen molar-refractivity contribution in [3.05, 3.63) is 0 Å². The van der Waals surface area contributed by atoms with Gasteiger partial charge in [0.2, 0.25) is 5.91 Å². The van der Waals surface area contributed by atoms with Crippen molar-refractivity contribution in [1.82, 2.24) is 5.32 Å². The fourth-order valence-electron chi connectivity index (χ4n) is 1.42. The highest BCUT2D eigenvalue weighted by Crippen LogP contribution is 2.11. The van der Waals surface area contributed by atoms with Crippen LogP contribution in [-0.4, -0.2) is 50.1 Å². The first kappa shape index (κ1) is 11.4. The second kappa shape index (κ2) is 5.95. The lowest BCUT2D eigenvalue weighted by Gasteiger charge is -2.17. The molecule has 5 nitrogen and oxygen atoms in total. The minimum Gasteiger partial charge on any atom is -0.394 e. The summed E-state index contributed by atoms with van der Waals surface area (Å²) in [5, 5.41) is 11.6. The average molecular weight is 203 g/mol. The van der Waals surface area contributed by atoms with Crippen LogP contribution in [-0.2, 0) is 14.3 Å². The third-order valence-corrected chi connectivity index (χ3v) is 2.16. The number of methoxy groups -OCH3 is 1. The van der Waals surface area contributed by atoms with E-state index in [0.717, 1.165) is 12.8 Å². The molecule has 0 aromatic heterocycles. The normalized spacial score (nSPS) is 23.4. The minimum atomic E-state index is -0.346. The lowest BCUT2D eigenvalue weighted by atomic mass is 10.2. The molecular formula is C9H17NO4. The van der Waals surface area contributed by atoms with Gasteiger partial charge < -0.3 is 19.9 Å². The number of hydrogen-bond acceptors (Lipinski definition) is 4. The SMILES string of the molecule is COCC(CO)NC(=O)[C@@H]1CCCO1. The van der Waals surface area contributed by atoms with Gasteiger partial charge in [0, 0.05) is 13.7 Å². The molecule has 14 heavy (non-hydrogen) atoms. The number of aliphatic hydroxyl groups excluding tert-OH is 1. The molecular weight excluding hydrogens is 186 g/mol. The molecule has 1 amide bonds. The van der Waals surface area contributed by atoms with E-state index in [2.05, 4.69) is 5.32 Å². The van der Waals surface area contributed by atoms with Gasteiger partial charge in [-0.05, 0) is 12.8 Å². The Kier molecular flexibility index (Phi) is 4.86. The smallest absolute Gasteiger partial charge is 0.249 e. The van der Waals surface area contributed by atoms with E-state index in [1.54, 1.807) is 0 Å². The van der Waals surface area contributed by atoms with Gasteiger partial charge in [-0.25, -0.2) is 0 Å². The number of nitrogens with one attached hydrogen (secondary N) is 1. The summed E-state index contributed by atoms with van der Waals surface area (Å²) in [5.41, 5.74) is 0. The number of amides is 1. The number of rotatable bonds is 5. The molecule has 5 heteroatoms.